The molecule has 2 N–H and O–H groups in total. The first-order valence-corrected chi connectivity index (χ1v) is 16.3. The van der Waals surface area contributed by atoms with Gasteiger partial charge in [-0.05, 0) is 109 Å². The molecule has 2 aliphatic rings. The van der Waals surface area contributed by atoms with E-state index in [4.69, 9.17) is 14.2 Å². The number of H-pyrrole nitrogens is 2. The zero-order valence-electron chi connectivity index (χ0n) is 29.0. The highest BCUT2D eigenvalue weighted by molar-refractivity contribution is 7.59. The molecule has 2 aliphatic heterocycles. The molecule has 2 amide bonds. The van der Waals surface area contributed by atoms with E-state index in [0.717, 1.165) is 59.8 Å². The summed E-state index contributed by atoms with van der Waals surface area (Å²) in [4.78, 5) is 45.2. The van der Waals surface area contributed by atoms with Gasteiger partial charge in [0.1, 0.15) is 34.3 Å². The number of imidazole rings is 2. The molecule has 0 aliphatic carbocycles. The molecule has 4 heterocycles. The number of ether oxygens (including phenoxy) is 3. The van der Waals surface area contributed by atoms with Crippen LogP contribution < -0.4 is 4.74 Å². The molecule has 2 atom stereocenters. The number of nitrogens with one attached hydrogen (secondary N) is 2. The molecule has 0 radical (unpaired) electrons. The molecular formula is C36H48N6O5S2. The van der Waals surface area contributed by atoms with E-state index in [2.05, 4.69) is 19.9 Å². The number of hydrogen-bond donors (Lipinski definition) is 2. The molecule has 13 heteroatoms. The zero-order valence-corrected chi connectivity index (χ0v) is 31.0. The van der Waals surface area contributed by atoms with E-state index in [1.54, 1.807) is 22.2 Å². The van der Waals surface area contributed by atoms with Crippen LogP contribution >= 0.6 is 27.0 Å². The SMILES string of the molecule is CC(C)(C)OC(=O)N1CCC[C@H]1c1ncc(-c2ccc(Oc3cccc(-c4cnc([C@@H]5CCCN5C(=O)OC(C)(C)C)[nH]4)c3)cc2)[nH]1.S.S. The number of nitrogens with zero attached hydrogens (tertiary/aromatic N) is 4. The molecule has 2 fully saturated rings. The van der Waals surface area contributed by atoms with Gasteiger partial charge >= 0.3 is 12.2 Å². The van der Waals surface area contributed by atoms with Crippen molar-refractivity contribution in [1.29, 1.82) is 0 Å². The Bertz CT molecular complexity index is 1730. The van der Waals surface area contributed by atoms with Crippen molar-refractivity contribution in [3.05, 3.63) is 72.6 Å². The summed E-state index contributed by atoms with van der Waals surface area (Å²) in [5, 5.41) is 0. The van der Waals surface area contributed by atoms with Crippen LogP contribution in [0.1, 0.15) is 91.0 Å². The second-order valence-corrected chi connectivity index (χ2v) is 14.2. The predicted molar refractivity (Wildman–Crippen MR) is 199 cm³/mol. The van der Waals surface area contributed by atoms with Gasteiger partial charge in [-0.15, -0.1) is 0 Å². The van der Waals surface area contributed by atoms with Gasteiger partial charge in [-0.25, -0.2) is 19.6 Å². The minimum Gasteiger partial charge on any atom is -0.457 e. The second-order valence-electron chi connectivity index (χ2n) is 14.2. The summed E-state index contributed by atoms with van der Waals surface area (Å²) in [6.07, 6.45) is 6.45. The van der Waals surface area contributed by atoms with Crippen molar-refractivity contribution in [2.75, 3.05) is 13.1 Å². The van der Waals surface area contributed by atoms with E-state index in [-0.39, 0.29) is 51.3 Å². The summed E-state index contributed by atoms with van der Waals surface area (Å²) < 4.78 is 17.5. The fourth-order valence-electron chi connectivity index (χ4n) is 6.05. The van der Waals surface area contributed by atoms with Crippen molar-refractivity contribution in [3.63, 3.8) is 0 Å². The average Bonchev–Trinajstić information content (AvgIpc) is 3.82. The third-order valence-corrected chi connectivity index (χ3v) is 8.13. The average molecular weight is 709 g/mol. The van der Waals surface area contributed by atoms with Crippen LogP contribution in [-0.4, -0.2) is 66.2 Å². The van der Waals surface area contributed by atoms with Gasteiger partial charge in [-0.1, -0.05) is 12.1 Å². The lowest BCUT2D eigenvalue weighted by Crippen LogP contribution is -2.36. The van der Waals surface area contributed by atoms with Gasteiger partial charge in [0.15, 0.2) is 0 Å². The molecule has 0 unspecified atom stereocenters. The lowest BCUT2D eigenvalue weighted by Gasteiger charge is -2.27. The summed E-state index contributed by atoms with van der Waals surface area (Å²) in [6.45, 7) is 12.5. The lowest BCUT2D eigenvalue weighted by molar-refractivity contribution is 0.0208. The molecule has 0 saturated carbocycles. The second kappa shape index (κ2) is 15.2. The molecule has 0 spiro atoms. The third kappa shape index (κ3) is 9.13. The smallest absolute Gasteiger partial charge is 0.410 e. The fourth-order valence-corrected chi connectivity index (χ4v) is 6.05. The standard InChI is InChI=1S/C36H44N6O5.2H2S/c1-35(2,3)46-33(43)41-18-8-12-29(41)31-37-21-27(39-31)23-14-16-25(17-15-23)45-26-11-7-10-24(20-26)28-22-38-32(40-28)30-13-9-19-42(30)34(44)47-36(4,5)6;;/h7,10-11,14-17,20-22,29-30H,8-9,12-13,18-19H2,1-6H3,(H,37,39)(H,38,40);2*1H2/t29-,30-;;/m0../s1. The van der Waals surface area contributed by atoms with E-state index < -0.39 is 11.2 Å². The molecular weight excluding hydrogens is 661 g/mol. The number of aromatic nitrogens is 4. The normalized spacial score (nSPS) is 17.7. The Kier molecular flexibility index (Phi) is 11.7. The minimum absolute atomic E-state index is 0. The molecule has 0 bridgehead atoms. The number of hydrogen-bond acceptors (Lipinski definition) is 7. The molecule has 2 aromatic carbocycles. The number of carbonyl (C=O) groups excluding carboxylic acids is 2. The highest BCUT2D eigenvalue weighted by Gasteiger charge is 2.36. The zero-order chi connectivity index (χ0) is 33.3. The van der Waals surface area contributed by atoms with Crippen LogP contribution in [0.15, 0.2) is 60.9 Å². The summed E-state index contributed by atoms with van der Waals surface area (Å²) in [5.74, 6) is 2.89. The van der Waals surface area contributed by atoms with Gasteiger partial charge in [-0.2, -0.15) is 27.0 Å². The number of rotatable bonds is 6. The molecule has 2 saturated heterocycles. The Morgan fingerprint density at radius 2 is 1.18 bits per heavy atom. The number of benzene rings is 2. The van der Waals surface area contributed by atoms with Gasteiger partial charge in [0.25, 0.3) is 0 Å². The minimum atomic E-state index is -0.552. The summed E-state index contributed by atoms with van der Waals surface area (Å²) in [7, 11) is 0. The van der Waals surface area contributed by atoms with Gasteiger partial charge < -0.3 is 24.2 Å². The maximum Gasteiger partial charge on any atom is 0.410 e. The van der Waals surface area contributed by atoms with Gasteiger partial charge in [0.05, 0.1) is 35.9 Å². The van der Waals surface area contributed by atoms with Crippen LogP contribution in [0.2, 0.25) is 0 Å². The van der Waals surface area contributed by atoms with Crippen molar-refractivity contribution in [1.82, 2.24) is 29.7 Å². The van der Waals surface area contributed by atoms with Gasteiger partial charge in [-0.3, -0.25) is 9.80 Å². The Morgan fingerprint density at radius 1 is 0.694 bits per heavy atom. The maximum atomic E-state index is 12.8. The number of likely N-dealkylation sites (tertiary alicyclic amines) is 2. The first-order valence-electron chi connectivity index (χ1n) is 16.3. The van der Waals surface area contributed by atoms with E-state index >= 15 is 0 Å². The Balaban J connectivity index is 0.00000270. The quantitative estimate of drug-likeness (QED) is 0.205. The van der Waals surface area contributed by atoms with Crippen molar-refractivity contribution in [2.24, 2.45) is 0 Å². The van der Waals surface area contributed by atoms with Gasteiger partial charge in [0.2, 0.25) is 0 Å². The predicted octanol–water partition coefficient (Wildman–Crippen LogP) is 8.63. The number of aromatic amines is 2. The first-order chi connectivity index (χ1) is 22.3. The Morgan fingerprint density at radius 3 is 1.67 bits per heavy atom. The highest BCUT2D eigenvalue weighted by Crippen LogP contribution is 2.35. The van der Waals surface area contributed by atoms with Crippen molar-refractivity contribution in [3.8, 4) is 34.0 Å². The van der Waals surface area contributed by atoms with E-state index in [1.807, 2.05) is 90.1 Å². The molecule has 4 aromatic rings. The van der Waals surface area contributed by atoms with Crippen LogP contribution in [0.4, 0.5) is 9.59 Å². The van der Waals surface area contributed by atoms with Crippen LogP contribution in [-0.2, 0) is 9.47 Å². The molecule has 2 aromatic heterocycles. The third-order valence-electron chi connectivity index (χ3n) is 8.13. The highest BCUT2D eigenvalue weighted by atomic mass is 32.1. The lowest BCUT2D eigenvalue weighted by atomic mass is 10.1. The summed E-state index contributed by atoms with van der Waals surface area (Å²) >= 11 is 0. The van der Waals surface area contributed by atoms with Crippen molar-refractivity contribution >= 4 is 39.2 Å². The fraction of sp³-hybridized carbons (Fsp3) is 0.444. The van der Waals surface area contributed by atoms with E-state index in [9.17, 15) is 9.59 Å². The summed E-state index contributed by atoms with van der Waals surface area (Å²) in [6, 6.07) is 15.3. The van der Waals surface area contributed by atoms with Crippen molar-refractivity contribution < 1.29 is 23.8 Å². The Hall–Kier alpha value is -4.10. The molecule has 6 rings (SSSR count). The van der Waals surface area contributed by atoms with Crippen LogP contribution in [0.25, 0.3) is 22.5 Å². The van der Waals surface area contributed by atoms with Crippen LogP contribution in [0.3, 0.4) is 0 Å². The molecule has 49 heavy (non-hydrogen) atoms. The number of amides is 2. The number of carbonyl (C=O) groups is 2. The van der Waals surface area contributed by atoms with Crippen LogP contribution in [0.5, 0.6) is 11.5 Å². The van der Waals surface area contributed by atoms with E-state index in [1.165, 1.54) is 0 Å². The van der Waals surface area contributed by atoms with Crippen LogP contribution in [0, 0.1) is 0 Å². The molecule has 11 nitrogen and oxygen atoms in total. The topological polar surface area (TPSA) is 126 Å². The largest absolute Gasteiger partial charge is 0.457 e. The maximum absolute atomic E-state index is 12.8. The Labute approximate surface area is 302 Å². The monoisotopic (exact) mass is 708 g/mol. The van der Waals surface area contributed by atoms with E-state index in [0.29, 0.717) is 24.6 Å². The molecule has 264 valence electrons. The summed E-state index contributed by atoms with van der Waals surface area (Å²) in [5.41, 5.74) is 2.51. The van der Waals surface area contributed by atoms with Crippen molar-refractivity contribution in [2.45, 2.75) is 90.5 Å². The van der Waals surface area contributed by atoms with Gasteiger partial charge in [0, 0.05) is 18.7 Å². The first kappa shape index (κ1) is 37.7.